The van der Waals surface area contributed by atoms with E-state index in [1.54, 1.807) is 12.1 Å². The first-order chi connectivity index (χ1) is 8.97. The monoisotopic (exact) mass is 272 g/mol. The van der Waals surface area contributed by atoms with E-state index >= 15 is 0 Å². The van der Waals surface area contributed by atoms with E-state index < -0.39 is 0 Å². The normalized spacial score (nSPS) is 10.5. The van der Waals surface area contributed by atoms with Crippen LogP contribution in [0.5, 0.6) is 0 Å². The maximum Gasteiger partial charge on any atom is 0.167 e. The molecule has 0 unspecified atom stereocenters. The second-order valence-corrected chi connectivity index (χ2v) is 5.40. The van der Waals surface area contributed by atoms with E-state index in [0.717, 1.165) is 22.3 Å². The maximum absolute atomic E-state index is 12.3. The van der Waals surface area contributed by atoms with E-state index in [4.69, 9.17) is 11.6 Å². The number of hydrogen-bond donors (Lipinski definition) is 0. The van der Waals surface area contributed by atoms with Crippen LogP contribution in [0, 0.1) is 20.8 Å². The van der Waals surface area contributed by atoms with Gasteiger partial charge in [-0.05, 0) is 55.7 Å². The third-order valence-electron chi connectivity index (χ3n) is 3.34. The van der Waals surface area contributed by atoms with Gasteiger partial charge in [0.15, 0.2) is 5.78 Å². The van der Waals surface area contributed by atoms with Crippen molar-refractivity contribution in [3.8, 4) is 0 Å². The van der Waals surface area contributed by atoms with Crippen LogP contribution in [-0.2, 0) is 6.42 Å². The Bertz CT molecular complexity index is 629. The summed E-state index contributed by atoms with van der Waals surface area (Å²) >= 11 is 5.98. The lowest BCUT2D eigenvalue weighted by Gasteiger charge is -2.07. The van der Waals surface area contributed by atoms with Gasteiger partial charge >= 0.3 is 0 Å². The molecule has 0 radical (unpaired) electrons. The number of carbonyl (C=O) groups excluding carboxylic acids is 1. The predicted octanol–water partition coefficient (Wildman–Crippen LogP) is 4.69. The van der Waals surface area contributed by atoms with Crippen LogP contribution >= 0.6 is 11.6 Å². The second kappa shape index (κ2) is 5.58. The number of Topliss-reactive ketones (excluding diaryl/α,β-unsaturated/α-hetero) is 1. The Balaban J connectivity index is 2.25. The molecule has 0 fully saturated rings. The van der Waals surface area contributed by atoms with Gasteiger partial charge in [-0.3, -0.25) is 4.79 Å². The predicted molar refractivity (Wildman–Crippen MR) is 80.1 cm³/mol. The van der Waals surface area contributed by atoms with E-state index in [1.165, 1.54) is 5.56 Å². The molecule has 0 atom stereocenters. The van der Waals surface area contributed by atoms with Crippen LogP contribution < -0.4 is 0 Å². The van der Waals surface area contributed by atoms with Gasteiger partial charge in [0.2, 0.25) is 0 Å². The van der Waals surface area contributed by atoms with Crippen LogP contribution in [0.4, 0.5) is 0 Å². The first kappa shape index (κ1) is 13.8. The van der Waals surface area contributed by atoms with Gasteiger partial charge in [0.25, 0.3) is 0 Å². The Labute approximate surface area is 119 Å². The molecule has 0 aliphatic carbocycles. The molecule has 2 aromatic rings. The molecule has 19 heavy (non-hydrogen) atoms. The average molecular weight is 273 g/mol. The summed E-state index contributed by atoms with van der Waals surface area (Å²) in [6, 6.07) is 11.6. The van der Waals surface area contributed by atoms with E-state index in [2.05, 4.69) is 18.2 Å². The zero-order chi connectivity index (χ0) is 14.0. The number of rotatable bonds is 3. The standard InChI is InChI=1S/C17H17ClO/c1-11-4-5-12(2)15(8-11)10-17(19)14-6-7-16(18)13(3)9-14/h4-9H,10H2,1-3H3. The maximum atomic E-state index is 12.3. The van der Waals surface area contributed by atoms with Crippen LogP contribution in [0.1, 0.15) is 32.6 Å². The average Bonchev–Trinajstić information content (AvgIpc) is 2.37. The third kappa shape index (κ3) is 3.24. The fourth-order valence-corrected chi connectivity index (χ4v) is 2.20. The fourth-order valence-electron chi connectivity index (χ4n) is 2.08. The fraction of sp³-hybridized carbons (Fsp3) is 0.235. The minimum Gasteiger partial charge on any atom is -0.294 e. The van der Waals surface area contributed by atoms with Gasteiger partial charge in [-0.1, -0.05) is 35.4 Å². The number of aryl methyl sites for hydroxylation is 3. The Morgan fingerprint density at radius 3 is 2.42 bits per heavy atom. The summed E-state index contributed by atoms with van der Waals surface area (Å²) in [6.07, 6.45) is 0.439. The molecule has 0 amide bonds. The van der Waals surface area contributed by atoms with Gasteiger partial charge in [-0.15, -0.1) is 0 Å². The lowest BCUT2D eigenvalue weighted by atomic mass is 9.97. The highest BCUT2D eigenvalue weighted by Crippen LogP contribution is 2.19. The third-order valence-corrected chi connectivity index (χ3v) is 3.76. The molecule has 1 nitrogen and oxygen atoms in total. The number of hydrogen-bond acceptors (Lipinski definition) is 1. The van der Waals surface area contributed by atoms with Gasteiger partial charge in [-0.25, -0.2) is 0 Å². The summed E-state index contributed by atoms with van der Waals surface area (Å²) in [6.45, 7) is 5.99. The summed E-state index contributed by atoms with van der Waals surface area (Å²) in [5, 5.41) is 0.697. The van der Waals surface area contributed by atoms with Crippen molar-refractivity contribution in [2.45, 2.75) is 27.2 Å². The number of ketones is 1. The topological polar surface area (TPSA) is 17.1 Å². The quantitative estimate of drug-likeness (QED) is 0.741. The Morgan fingerprint density at radius 2 is 1.74 bits per heavy atom. The molecule has 0 saturated heterocycles. The summed E-state index contributed by atoms with van der Waals surface area (Å²) in [5.41, 5.74) is 5.10. The first-order valence-corrected chi connectivity index (χ1v) is 6.70. The molecule has 2 aromatic carbocycles. The molecule has 2 rings (SSSR count). The Hall–Kier alpha value is -1.60. The minimum atomic E-state index is 0.133. The molecule has 0 aromatic heterocycles. The molecule has 0 saturated carbocycles. The highest BCUT2D eigenvalue weighted by atomic mass is 35.5. The molecule has 98 valence electrons. The van der Waals surface area contributed by atoms with E-state index in [0.29, 0.717) is 11.4 Å². The smallest absolute Gasteiger partial charge is 0.167 e. The van der Waals surface area contributed by atoms with Crippen molar-refractivity contribution >= 4 is 17.4 Å². The SMILES string of the molecule is Cc1ccc(C)c(CC(=O)c2ccc(Cl)c(C)c2)c1. The molecule has 0 heterocycles. The van der Waals surface area contributed by atoms with Crippen molar-refractivity contribution in [3.63, 3.8) is 0 Å². The van der Waals surface area contributed by atoms with Crippen LogP contribution in [0.25, 0.3) is 0 Å². The Kier molecular flexibility index (Phi) is 4.06. The van der Waals surface area contributed by atoms with Crippen molar-refractivity contribution < 1.29 is 4.79 Å². The second-order valence-electron chi connectivity index (χ2n) is 4.99. The Morgan fingerprint density at radius 1 is 1.00 bits per heavy atom. The van der Waals surface area contributed by atoms with E-state index in [1.807, 2.05) is 26.8 Å². The lowest BCUT2D eigenvalue weighted by molar-refractivity contribution is 0.0992. The van der Waals surface area contributed by atoms with E-state index in [9.17, 15) is 4.79 Å². The number of carbonyl (C=O) groups is 1. The summed E-state index contributed by atoms with van der Waals surface area (Å²) in [7, 11) is 0. The molecule has 2 heteroatoms. The van der Waals surface area contributed by atoms with Crippen LogP contribution in [0.15, 0.2) is 36.4 Å². The van der Waals surface area contributed by atoms with Crippen LogP contribution in [-0.4, -0.2) is 5.78 Å². The van der Waals surface area contributed by atoms with Gasteiger partial charge in [-0.2, -0.15) is 0 Å². The molecule has 0 spiro atoms. The first-order valence-electron chi connectivity index (χ1n) is 6.33. The molecular weight excluding hydrogens is 256 g/mol. The van der Waals surface area contributed by atoms with Gasteiger partial charge in [0.05, 0.1) is 0 Å². The van der Waals surface area contributed by atoms with Crippen molar-refractivity contribution in [3.05, 3.63) is 69.2 Å². The molecule has 0 aliphatic rings. The summed E-state index contributed by atoms with van der Waals surface area (Å²) in [5.74, 6) is 0.133. The molecular formula is C17H17ClO. The molecule has 0 N–H and O–H groups in total. The van der Waals surface area contributed by atoms with Crippen molar-refractivity contribution in [2.24, 2.45) is 0 Å². The van der Waals surface area contributed by atoms with Crippen LogP contribution in [0.3, 0.4) is 0 Å². The highest BCUT2D eigenvalue weighted by molar-refractivity contribution is 6.31. The lowest BCUT2D eigenvalue weighted by Crippen LogP contribution is -2.05. The van der Waals surface area contributed by atoms with Gasteiger partial charge in [0, 0.05) is 17.0 Å². The van der Waals surface area contributed by atoms with Gasteiger partial charge < -0.3 is 0 Å². The number of halogens is 1. The minimum absolute atomic E-state index is 0.133. The van der Waals surface area contributed by atoms with Crippen molar-refractivity contribution in [1.29, 1.82) is 0 Å². The zero-order valence-electron chi connectivity index (χ0n) is 11.5. The molecule has 0 bridgehead atoms. The van der Waals surface area contributed by atoms with Crippen LogP contribution in [0.2, 0.25) is 5.02 Å². The summed E-state index contributed by atoms with van der Waals surface area (Å²) in [4.78, 5) is 12.3. The summed E-state index contributed by atoms with van der Waals surface area (Å²) < 4.78 is 0. The zero-order valence-corrected chi connectivity index (χ0v) is 12.2. The largest absolute Gasteiger partial charge is 0.294 e. The van der Waals surface area contributed by atoms with Crippen molar-refractivity contribution in [1.82, 2.24) is 0 Å². The van der Waals surface area contributed by atoms with Crippen molar-refractivity contribution in [2.75, 3.05) is 0 Å². The van der Waals surface area contributed by atoms with Gasteiger partial charge in [0.1, 0.15) is 0 Å². The van der Waals surface area contributed by atoms with E-state index in [-0.39, 0.29) is 5.78 Å². The molecule has 0 aliphatic heterocycles. The highest BCUT2D eigenvalue weighted by Gasteiger charge is 2.10. The number of benzene rings is 2.